The maximum Gasteiger partial charge on any atom is 0.295 e. The lowest BCUT2D eigenvalue weighted by molar-refractivity contribution is -0.384. The van der Waals surface area contributed by atoms with Crippen LogP contribution in [0.2, 0.25) is 0 Å². The van der Waals surface area contributed by atoms with Crippen molar-refractivity contribution in [2.75, 3.05) is 26.1 Å². The van der Waals surface area contributed by atoms with Gasteiger partial charge in [-0.2, -0.15) is 0 Å². The van der Waals surface area contributed by atoms with Crippen molar-refractivity contribution in [3.63, 3.8) is 0 Å². The molecule has 1 amide bonds. The first kappa shape index (κ1) is 19.1. The lowest BCUT2D eigenvalue weighted by Crippen LogP contribution is -2.24. The van der Waals surface area contributed by atoms with Crippen LogP contribution in [-0.2, 0) is 11.3 Å². The zero-order valence-electron chi connectivity index (χ0n) is 14.0. The van der Waals surface area contributed by atoms with Crippen LogP contribution in [0.15, 0.2) is 36.4 Å². The molecule has 0 unspecified atom stereocenters. The second kappa shape index (κ2) is 8.77. The minimum atomic E-state index is -0.912. The number of benzene rings is 2. The summed E-state index contributed by atoms with van der Waals surface area (Å²) >= 11 is 0. The van der Waals surface area contributed by atoms with E-state index in [0.717, 1.165) is 11.6 Å². The smallest absolute Gasteiger partial charge is 0.295 e. The number of halogens is 1. The Hall–Kier alpha value is -3.20. The number of nitro benzene ring substituents is 1. The molecule has 8 nitrogen and oxygen atoms in total. The number of nitrogens with zero attached hydrogens (tertiary/aromatic N) is 1. The Morgan fingerprint density at radius 3 is 2.77 bits per heavy atom. The fourth-order valence-electron chi connectivity index (χ4n) is 2.21. The van der Waals surface area contributed by atoms with Gasteiger partial charge in [-0.3, -0.25) is 14.9 Å². The summed E-state index contributed by atoms with van der Waals surface area (Å²) in [6, 6.07) is 8.54. The topological polar surface area (TPSA) is 117 Å². The number of rotatable bonds is 8. The van der Waals surface area contributed by atoms with Gasteiger partial charge in [0.15, 0.2) is 0 Å². The molecule has 0 aliphatic heterocycles. The molecule has 138 valence electrons. The summed E-state index contributed by atoms with van der Waals surface area (Å²) < 4.78 is 23.9. The van der Waals surface area contributed by atoms with Gasteiger partial charge in [-0.05, 0) is 23.8 Å². The first-order chi connectivity index (χ1) is 12.4. The summed E-state index contributed by atoms with van der Waals surface area (Å²) in [4.78, 5) is 22.3. The number of methoxy groups -OCH3 is 1. The SMILES string of the molecule is COCCOc1cccc(CNC(=O)c2cc(F)cc([N+](=O)[O-])c2N)c1. The van der Waals surface area contributed by atoms with Crippen molar-refractivity contribution in [1.29, 1.82) is 0 Å². The minimum absolute atomic E-state index is 0.115. The highest BCUT2D eigenvalue weighted by atomic mass is 19.1. The van der Waals surface area contributed by atoms with Crippen molar-refractivity contribution in [1.82, 2.24) is 5.32 Å². The molecule has 2 rings (SSSR count). The van der Waals surface area contributed by atoms with Crippen LogP contribution in [0, 0.1) is 15.9 Å². The molecular weight excluding hydrogens is 345 g/mol. The number of carbonyl (C=O) groups is 1. The lowest BCUT2D eigenvalue weighted by atomic mass is 10.1. The Morgan fingerprint density at radius 1 is 1.31 bits per heavy atom. The first-order valence-corrected chi connectivity index (χ1v) is 7.64. The minimum Gasteiger partial charge on any atom is -0.491 e. The van der Waals surface area contributed by atoms with Crippen molar-refractivity contribution >= 4 is 17.3 Å². The van der Waals surface area contributed by atoms with Crippen molar-refractivity contribution in [3.05, 3.63) is 63.5 Å². The fourth-order valence-corrected chi connectivity index (χ4v) is 2.21. The fraction of sp³-hybridized carbons (Fsp3) is 0.235. The van der Waals surface area contributed by atoms with E-state index >= 15 is 0 Å². The van der Waals surface area contributed by atoms with Gasteiger partial charge in [0, 0.05) is 13.7 Å². The molecule has 0 saturated heterocycles. The Kier molecular flexibility index (Phi) is 6.45. The Morgan fingerprint density at radius 2 is 2.08 bits per heavy atom. The second-order valence-electron chi connectivity index (χ2n) is 5.31. The molecule has 0 bridgehead atoms. The van der Waals surface area contributed by atoms with Crippen LogP contribution in [0.5, 0.6) is 5.75 Å². The summed E-state index contributed by atoms with van der Waals surface area (Å²) in [6.45, 7) is 0.943. The molecule has 2 aromatic carbocycles. The number of ether oxygens (including phenoxy) is 2. The van der Waals surface area contributed by atoms with Crippen LogP contribution < -0.4 is 15.8 Å². The lowest BCUT2D eigenvalue weighted by Gasteiger charge is -2.10. The number of hydrogen-bond acceptors (Lipinski definition) is 6. The maximum absolute atomic E-state index is 13.5. The third-order valence-corrected chi connectivity index (χ3v) is 3.47. The third kappa shape index (κ3) is 4.90. The summed E-state index contributed by atoms with van der Waals surface area (Å²) in [7, 11) is 1.57. The summed E-state index contributed by atoms with van der Waals surface area (Å²) in [5.74, 6) is -1.02. The normalized spacial score (nSPS) is 10.4. The molecule has 26 heavy (non-hydrogen) atoms. The average molecular weight is 363 g/mol. The summed E-state index contributed by atoms with van der Waals surface area (Å²) in [6.07, 6.45) is 0. The van der Waals surface area contributed by atoms with Gasteiger partial charge in [0.1, 0.15) is 23.9 Å². The molecular formula is C17H18FN3O5. The molecule has 0 aliphatic rings. The van der Waals surface area contributed by atoms with Crippen LogP contribution in [0.3, 0.4) is 0 Å². The van der Waals surface area contributed by atoms with E-state index in [9.17, 15) is 19.3 Å². The Labute approximate surface area is 148 Å². The Balaban J connectivity index is 2.07. The van der Waals surface area contributed by atoms with Gasteiger partial charge in [-0.15, -0.1) is 0 Å². The highest BCUT2D eigenvalue weighted by molar-refractivity contribution is 6.01. The molecule has 0 aromatic heterocycles. The van der Waals surface area contributed by atoms with E-state index in [-0.39, 0.29) is 17.8 Å². The number of carbonyl (C=O) groups excluding carboxylic acids is 1. The number of nitrogens with one attached hydrogen (secondary N) is 1. The molecule has 0 radical (unpaired) electrons. The van der Waals surface area contributed by atoms with E-state index in [4.69, 9.17) is 15.2 Å². The van der Waals surface area contributed by atoms with Gasteiger partial charge in [0.05, 0.1) is 23.2 Å². The average Bonchev–Trinajstić information content (AvgIpc) is 2.61. The zero-order valence-corrected chi connectivity index (χ0v) is 14.0. The molecule has 2 aromatic rings. The number of nitrogens with two attached hydrogens (primary N) is 1. The number of hydrogen-bond donors (Lipinski definition) is 2. The molecule has 0 spiro atoms. The van der Waals surface area contributed by atoms with Crippen LogP contribution in [-0.4, -0.2) is 31.2 Å². The van der Waals surface area contributed by atoms with E-state index < -0.39 is 22.3 Å². The molecule has 9 heteroatoms. The largest absolute Gasteiger partial charge is 0.491 e. The van der Waals surface area contributed by atoms with Crippen LogP contribution in [0.25, 0.3) is 0 Å². The number of nitro groups is 1. The highest BCUT2D eigenvalue weighted by Gasteiger charge is 2.21. The number of anilines is 1. The predicted octanol–water partition coefficient (Wildman–Crippen LogP) is 2.27. The number of nitrogen functional groups attached to an aromatic ring is 1. The quantitative estimate of drug-likeness (QED) is 0.322. The van der Waals surface area contributed by atoms with Crippen LogP contribution >= 0.6 is 0 Å². The van der Waals surface area contributed by atoms with E-state index in [1.165, 1.54) is 0 Å². The van der Waals surface area contributed by atoms with E-state index in [2.05, 4.69) is 5.32 Å². The molecule has 3 N–H and O–H groups in total. The first-order valence-electron chi connectivity index (χ1n) is 7.64. The maximum atomic E-state index is 13.5. The van der Waals surface area contributed by atoms with Crippen molar-refractivity contribution in [2.45, 2.75) is 6.54 Å². The van der Waals surface area contributed by atoms with Gasteiger partial charge >= 0.3 is 0 Å². The standard InChI is InChI=1S/C17H18FN3O5/c1-25-5-6-26-13-4-2-3-11(7-13)10-20-17(22)14-8-12(18)9-15(16(14)19)21(23)24/h2-4,7-9H,5-6,10,19H2,1H3,(H,20,22). The van der Waals surface area contributed by atoms with E-state index in [1.807, 2.05) is 0 Å². The van der Waals surface area contributed by atoms with E-state index in [1.54, 1.807) is 31.4 Å². The predicted molar refractivity (Wildman–Crippen MR) is 92.5 cm³/mol. The monoisotopic (exact) mass is 363 g/mol. The third-order valence-electron chi connectivity index (χ3n) is 3.47. The van der Waals surface area contributed by atoms with Gasteiger partial charge in [-0.1, -0.05) is 12.1 Å². The number of amides is 1. The van der Waals surface area contributed by atoms with Gasteiger partial charge < -0.3 is 20.5 Å². The summed E-state index contributed by atoms with van der Waals surface area (Å²) in [5, 5.41) is 13.4. The van der Waals surface area contributed by atoms with Crippen molar-refractivity contribution in [2.24, 2.45) is 0 Å². The molecule has 0 heterocycles. The van der Waals surface area contributed by atoms with Crippen molar-refractivity contribution < 1.29 is 23.6 Å². The molecule has 0 saturated carbocycles. The second-order valence-corrected chi connectivity index (χ2v) is 5.31. The van der Waals surface area contributed by atoms with Gasteiger partial charge in [0.25, 0.3) is 11.6 Å². The van der Waals surface area contributed by atoms with Crippen LogP contribution in [0.4, 0.5) is 15.8 Å². The highest BCUT2D eigenvalue weighted by Crippen LogP contribution is 2.26. The zero-order chi connectivity index (χ0) is 19.1. The van der Waals surface area contributed by atoms with Crippen molar-refractivity contribution in [3.8, 4) is 5.75 Å². The Bertz CT molecular complexity index is 813. The molecule has 0 fully saturated rings. The summed E-state index contributed by atoms with van der Waals surface area (Å²) in [5.41, 5.74) is 5.03. The van der Waals surface area contributed by atoms with Gasteiger partial charge in [0.2, 0.25) is 0 Å². The molecule has 0 atom stereocenters. The molecule has 0 aliphatic carbocycles. The van der Waals surface area contributed by atoms with Crippen LogP contribution in [0.1, 0.15) is 15.9 Å². The van der Waals surface area contributed by atoms with E-state index in [0.29, 0.717) is 25.0 Å². The van der Waals surface area contributed by atoms with Gasteiger partial charge in [-0.25, -0.2) is 4.39 Å².